The molecule has 0 saturated carbocycles. The van der Waals surface area contributed by atoms with Crippen LogP contribution in [0.3, 0.4) is 0 Å². The van der Waals surface area contributed by atoms with Crippen LogP contribution in [0.4, 0.5) is 0 Å². The molecule has 0 unspecified atom stereocenters. The Balaban J connectivity index is 1.66. The highest BCUT2D eigenvalue weighted by atomic mass is 32.1. The third-order valence-electron chi connectivity index (χ3n) is 4.51. The van der Waals surface area contributed by atoms with E-state index in [1.165, 1.54) is 32.4 Å². The molecule has 2 aliphatic rings. The van der Waals surface area contributed by atoms with Gasteiger partial charge in [0.15, 0.2) is 0 Å². The summed E-state index contributed by atoms with van der Waals surface area (Å²) in [5, 5.41) is 1.98. The molecule has 1 amide bonds. The van der Waals surface area contributed by atoms with Crippen LogP contribution >= 0.6 is 11.3 Å². The lowest BCUT2D eigenvalue weighted by Crippen LogP contribution is -2.40. The number of carbonyl (C=O) groups is 1. The number of piperidine rings is 1. The zero-order chi connectivity index (χ0) is 12.6. The van der Waals surface area contributed by atoms with Gasteiger partial charge in [-0.3, -0.25) is 4.79 Å². The number of hydrogen-bond acceptors (Lipinski definition) is 3. The molecule has 3 rings (SSSR count). The standard InChI is InChI=1S/C14H20N2OS/c1-15-7-4-14(5-8-15)6-9-16(11-14)13(17)12-3-2-10-18-12/h2-3,10H,4-9,11H2,1H3. The molecule has 1 spiro atoms. The summed E-state index contributed by atoms with van der Waals surface area (Å²) in [5.74, 6) is 0.237. The maximum atomic E-state index is 12.3. The van der Waals surface area contributed by atoms with Crippen LogP contribution in [-0.2, 0) is 0 Å². The molecule has 0 bridgehead atoms. The Bertz CT molecular complexity index is 421. The number of carbonyl (C=O) groups excluding carboxylic acids is 1. The van der Waals surface area contributed by atoms with E-state index in [0.717, 1.165) is 18.0 Å². The van der Waals surface area contributed by atoms with Gasteiger partial charge in [0, 0.05) is 13.1 Å². The Kier molecular flexibility index (Phi) is 3.16. The lowest BCUT2D eigenvalue weighted by atomic mass is 9.78. The van der Waals surface area contributed by atoms with Crippen molar-refractivity contribution in [1.82, 2.24) is 9.80 Å². The third kappa shape index (κ3) is 2.19. The van der Waals surface area contributed by atoms with Gasteiger partial charge in [0.1, 0.15) is 0 Å². The van der Waals surface area contributed by atoms with Crippen LogP contribution in [0.1, 0.15) is 28.9 Å². The molecule has 0 N–H and O–H groups in total. The highest BCUT2D eigenvalue weighted by Gasteiger charge is 2.41. The SMILES string of the molecule is CN1CCC2(CC1)CCN(C(=O)c1cccs1)C2. The minimum Gasteiger partial charge on any atom is -0.337 e. The first kappa shape index (κ1) is 12.2. The quantitative estimate of drug-likeness (QED) is 0.777. The number of rotatable bonds is 1. The van der Waals surface area contributed by atoms with Crippen LogP contribution in [0, 0.1) is 5.41 Å². The van der Waals surface area contributed by atoms with Crippen molar-refractivity contribution in [3.05, 3.63) is 22.4 Å². The van der Waals surface area contributed by atoms with Gasteiger partial charge in [-0.2, -0.15) is 0 Å². The number of likely N-dealkylation sites (tertiary alicyclic amines) is 2. The van der Waals surface area contributed by atoms with Crippen LogP contribution in [0.25, 0.3) is 0 Å². The summed E-state index contributed by atoms with van der Waals surface area (Å²) in [7, 11) is 2.19. The van der Waals surface area contributed by atoms with Crippen molar-refractivity contribution >= 4 is 17.2 Å². The second-order valence-corrected chi connectivity index (χ2v) is 6.70. The Morgan fingerprint density at radius 1 is 1.28 bits per heavy atom. The van der Waals surface area contributed by atoms with E-state index in [4.69, 9.17) is 0 Å². The molecule has 2 aliphatic heterocycles. The Hall–Kier alpha value is -0.870. The molecule has 0 aromatic carbocycles. The summed E-state index contributed by atoms with van der Waals surface area (Å²) in [6.07, 6.45) is 3.69. The number of hydrogen-bond donors (Lipinski definition) is 0. The van der Waals surface area contributed by atoms with Crippen LogP contribution in [0.2, 0.25) is 0 Å². The monoisotopic (exact) mass is 264 g/mol. The highest BCUT2D eigenvalue weighted by Crippen LogP contribution is 2.40. The third-order valence-corrected chi connectivity index (χ3v) is 5.36. The van der Waals surface area contributed by atoms with Gasteiger partial charge in [-0.05, 0) is 56.3 Å². The van der Waals surface area contributed by atoms with Crippen LogP contribution in [0.5, 0.6) is 0 Å². The number of nitrogens with zero attached hydrogens (tertiary/aromatic N) is 2. The summed E-state index contributed by atoms with van der Waals surface area (Å²) >= 11 is 1.55. The van der Waals surface area contributed by atoms with Crippen molar-refractivity contribution in [2.45, 2.75) is 19.3 Å². The predicted molar refractivity (Wildman–Crippen MR) is 74.0 cm³/mol. The molecule has 0 atom stereocenters. The maximum absolute atomic E-state index is 12.3. The summed E-state index contributed by atoms with van der Waals surface area (Å²) in [6.45, 7) is 4.28. The van der Waals surface area contributed by atoms with Crippen LogP contribution in [0.15, 0.2) is 17.5 Å². The molecule has 2 fully saturated rings. The Morgan fingerprint density at radius 2 is 2.00 bits per heavy atom. The van der Waals surface area contributed by atoms with Crippen molar-refractivity contribution in [3.8, 4) is 0 Å². The van der Waals surface area contributed by atoms with E-state index in [1.54, 1.807) is 11.3 Å². The smallest absolute Gasteiger partial charge is 0.263 e. The van der Waals surface area contributed by atoms with Crippen molar-refractivity contribution in [2.75, 3.05) is 33.2 Å². The normalized spacial score (nSPS) is 23.7. The summed E-state index contributed by atoms with van der Waals surface area (Å²) < 4.78 is 0. The highest BCUT2D eigenvalue weighted by molar-refractivity contribution is 7.12. The number of amides is 1. The van der Waals surface area contributed by atoms with Crippen LogP contribution in [-0.4, -0.2) is 48.9 Å². The van der Waals surface area contributed by atoms with Gasteiger partial charge >= 0.3 is 0 Å². The van der Waals surface area contributed by atoms with Gasteiger partial charge < -0.3 is 9.80 Å². The largest absolute Gasteiger partial charge is 0.337 e. The molecule has 2 saturated heterocycles. The molecule has 0 radical (unpaired) electrons. The molecule has 1 aromatic heterocycles. The van der Waals surface area contributed by atoms with Gasteiger partial charge in [0.05, 0.1) is 4.88 Å². The molecular weight excluding hydrogens is 244 g/mol. The van der Waals surface area contributed by atoms with E-state index in [-0.39, 0.29) is 5.91 Å². The zero-order valence-electron chi connectivity index (χ0n) is 10.9. The van der Waals surface area contributed by atoms with E-state index in [2.05, 4.69) is 16.8 Å². The average molecular weight is 264 g/mol. The van der Waals surface area contributed by atoms with Gasteiger partial charge in [0.2, 0.25) is 0 Å². The van der Waals surface area contributed by atoms with E-state index < -0.39 is 0 Å². The average Bonchev–Trinajstić information content (AvgIpc) is 3.03. The van der Waals surface area contributed by atoms with Crippen molar-refractivity contribution < 1.29 is 4.79 Å². The maximum Gasteiger partial charge on any atom is 0.263 e. The van der Waals surface area contributed by atoms with E-state index in [9.17, 15) is 4.79 Å². The van der Waals surface area contributed by atoms with Crippen molar-refractivity contribution in [3.63, 3.8) is 0 Å². The fourth-order valence-corrected chi connectivity index (χ4v) is 3.86. The lowest BCUT2D eigenvalue weighted by molar-refractivity contribution is 0.0741. The lowest BCUT2D eigenvalue weighted by Gasteiger charge is -2.37. The second kappa shape index (κ2) is 4.67. The minimum atomic E-state index is 0.237. The fraction of sp³-hybridized carbons (Fsp3) is 0.643. The number of thiophene rings is 1. The van der Waals surface area contributed by atoms with Crippen molar-refractivity contribution in [2.24, 2.45) is 5.41 Å². The minimum absolute atomic E-state index is 0.237. The Morgan fingerprint density at radius 3 is 2.67 bits per heavy atom. The summed E-state index contributed by atoms with van der Waals surface area (Å²) in [4.78, 5) is 17.7. The van der Waals surface area contributed by atoms with Gasteiger partial charge in [-0.1, -0.05) is 6.07 Å². The van der Waals surface area contributed by atoms with E-state index in [1.807, 2.05) is 17.5 Å². The Labute approximate surface area is 112 Å². The molecule has 18 heavy (non-hydrogen) atoms. The molecule has 4 heteroatoms. The van der Waals surface area contributed by atoms with E-state index >= 15 is 0 Å². The topological polar surface area (TPSA) is 23.6 Å². The zero-order valence-corrected chi connectivity index (χ0v) is 11.7. The molecule has 3 heterocycles. The first-order valence-corrected chi connectivity index (χ1v) is 7.58. The summed E-state index contributed by atoms with van der Waals surface area (Å²) in [5.41, 5.74) is 0.416. The van der Waals surface area contributed by atoms with E-state index in [0.29, 0.717) is 5.41 Å². The molecule has 0 aliphatic carbocycles. The molecule has 3 nitrogen and oxygen atoms in total. The van der Waals surface area contributed by atoms with Gasteiger partial charge in [-0.15, -0.1) is 11.3 Å². The van der Waals surface area contributed by atoms with Gasteiger partial charge in [0.25, 0.3) is 5.91 Å². The molecular formula is C14H20N2OS. The summed E-state index contributed by atoms with van der Waals surface area (Å²) in [6, 6.07) is 3.89. The fourth-order valence-electron chi connectivity index (χ4n) is 3.17. The van der Waals surface area contributed by atoms with Gasteiger partial charge in [-0.25, -0.2) is 0 Å². The first-order chi connectivity index (χ1) is 8.69. The predicted octanol–water partition coefficient (Wildman–Crippen LogP) is 2.31. The first-order valence-electron chi connectivity index (χ1n) is 6.70. The molecule has 98 valence electrons. The second-order valence-electron chi connectivity index (χ2n) is 5.76. The molecule has 1 aromatic rings. The van der Waals surface area contributed by atoms with Crippen LogP contribution < -0.4 is 0 Å². The van der Waals surface area contributed by atoms with Crippen molar-refractivity contribution in [1.29, 1.82) is 0 Å².